The van der Waals surface area contributed by atoms with Gasteiger partial charge in [-0.2, -0.15) is 4.68 Å². The SMILES string of the molecule is COc1ccc(-n2nnc3cnc(CCCCC(N)=O)nc32)cc1. The normalized spacial score (nSPS) is 10.9. The van der Waals surface area contributed by atoms with E-state index in [1.807, 2.05) is 24.3 Å². The number of unbranched alkanes of at least 4 members (excludes halogenated alkanes) is 1. The highest BCUT2D eigenvalue weighted by Gasteiger charge is 2.10. The van der Waals surface area contributed by atoms with Gasteiger partial charge in [-0.05, 0) is 37.1 Å². The molecule has 0 aliphatic heterocycles. The van der Waals surface area contributed by atoms with Crippen LogP contribution in [0.25, 0.3) is 16.9 Å². The van der Waals surface area contributed by atoms with Crippen molar-refractivity contribution in [2.45, 2.75) is 25.7 Å². The van der Waals surface area contributed by atoms with Crippen LogP contribution in [-0.4, -0.2) is 38.0 Å². The number of rotatable bonds is 7. The Hall–Kier alpha value is -3.03. The van der Waals surface area contributed by atoms with Crippen LogP contribution in [0.5, 0.6) is 5.75 Å². The van der Waals surface area contributed by atoms with E-state index < -0.39 is 0 Å². The molecule has 0 saturated carbocycles. The average Bonchev–Trinajstić information content (AvgIpc) is 3.02. The van der Waals surface area contributed by atoms with Gasteiger partial charge in [0.25, 0.3) is 0 Å². The molecule has 3 aromatic rings. The van der Waals surface area contributed by atoms with E-state index in [-0.39, 0.29) is 5.91 Å². The molecule has 0 unspecified atom stereocenters. The highest BCUT2D eigenvalue weighted by Crippen LogP contribution is 2.18. The summed E-state index contributed by atoms with van der Waals surface area (Å²) in [6, 6.07) is 7.49. The monoisotopic (exact) mass is 326 g/mol. The number of nitrogens with two attached hydrogens (primary N) is 1. The number of ether oxygens (including phenoxy) is 1. The average molecular weight is 326 g/mol. The molecule has 0 spiro atoms. The molecule has 124 valence electrons. The van der Waals surface area contributed by atoms with Crippen molar-refractivity contribution < 1.29 is 9.53 Å². The zero-order valence-corrected chi connectivity index (χ0v) is 13.3. The number of aromatic nitrogens is 5. The Balaban J connectivity index is 1.81. The van der Waals surface area contributed by atoms with Crippen molar-refractivity contribution in [3.63, 3.8) is 0 Å². The molecule has 2 N–H and O–H groups in total. The molecule has 0 bridgehead atoms. The molecule has 0 radical (unpaired) electrons. The van der Waals surface area contributed by atoms with Crippen LogP contribution < -0.4 is 10.5 Å². The first-order valence-corrected chi connectivity index (χ1v) is 7.67. The van der Waals surface area contributed by atoms with E-state index in [1.165, 1.54) is 0 Å². The van der Waals surface area contributed by atoms with Gasteiger partial charge in [-0.3, -0.25) is 4.79 Å². The van der Waals surface area contributed by atoms with Crippen LogP contribution >= 0.6 is 0 Å². The number of carbonyl (C=O) groups excluding carboxylic acids is 1. The molecule has 1 amide bonds. The lowest BCUT2D eigenvalue weighted by Crippen LogP contribution is -2.09. The van der Waals surface area contributed by atoms with Crippen molar-refractivity contribution >= 4 is 17.1 Å². The van der Waals surface area contributed by atoms with Gasteiger partial charge in [0.2, 0.25) is 5.91 Å². The van der Waals surface area contributed by atoms with Crippen LogP contribution in [0, 0.1) is 0 Å². The predicted molar refractivity (Wildman–Crippen MR) is 87.8 cm³/mol. The maximum Gasteiger partial charge on any atom is 0.217 e. The van der Waals surface area contributed by atoms with Gasteiger partial charge in [-0.25, -0.2) is 9.97 Å². The maximum atomic E-state index is 10.8. The van der Waals surface area contributed by atoms with Crippen LogP contribution in [0.4, 0.5) is 0 Å². The standard InChI is InChI=1S/C16H18N6O2/c1-24-12-8-6-11(7-9-12)22-16-13(20-21-22)10-18-15(19-16)5-3-2-4-14(17)23/h6-10H,2-5H2,1H3,(H2,17,23). The van der Waals surface area contributed by atoms with E-state index in [9.17, 15) is 4.79 Å². The number of hydrogen-bond donors (Lipinski definition) is 1. The van der Waals surface area contributed by atoms with Gasteiger partial charge >= 0.3 is 0 Å². The maximum absolute atomic E-state index is 10.8. The Morgan fingerprint density at radius 2 is 2.04 bits per heavy atom. The number of nitrogens with zero attached hydrogens (tertiary/aromatic N) is 5. The van der Waals surface area contributed by atoms with Crippen molar-refractivity contribution in [3.05, 3.63) is 36.3 Å². The number of carbonyl (C=O) groups is 1. The molecular weight excluding hydrogens is 308 g/mol. The highest BCUT2D eigenvalue weighted by atomic mass is 16.5. The summed E-state index contributed by atoms with van der Waals surface area (Å²) in [7, 11) is 1.62. The second-order valence-corrected chi connectivity index (χ2v) is 5.37. The summed E-state index contributed by atoms with van der Waals surface area (Å²) in [4.78, 5) is 19.6. The van der Waals surface area contributed by atoms with Gasteiger partial charge < -0.3 is 10.5 Å². The first-order valence-electron chi connectivity index (χ1n) is 7.67. The second kappa shape index (κ2) is 7.03. The smallest absolute Gasteiger partial charge is 0.217 e. The third-order valence-electron chi connectivity index (χ3n) is 3.63. The first kappa shape index (κ1) is 15.9. The summed E-state index contributed by atoms with van der Waals surface area (Å²) >= 11 is 0. The van der Waals surface area contributed by atoms with E-state index >= 15 is 0 Å². The number of aryl methyl sites for hydroxylation is 1. The van der Waals surface area contributed by atoms with Gasteiger partial charge in [0, 0.05) is 12.8 Å². The predicted octanol–water partition coefficient (Wildman–Crippen LogP) is 1.42. The molecule has 8 heteroatoms. The Kier molecular flexibility index (Phi) is 4.64. The van der Waals surface area contributed by atoms with Gasteiger partial charge in [0.1, 0.15) is 11.6 Å². The van der Waals surface area contributed by atoms with E-state index in [0.29, 0.717) is 29.8 Å². The Bertz CT molecular complexity index is 843. The minimum absolute atomic E-state index is 0.284. The number of hydrogen-bond acceptors (Lipinski definition) is 6. The van der Waals surface area contributed by atoms with Crippen LogP contribution in [-0.2, 0) is 11.2 Å². The van der Waals surface area contributed by atoms with Crippen LogP contribution in [0.3, 0.4) is 0 Å². The van der Waals surface area contributed by atoms with E-state index in [0.717, 1.165) is 24.3 Å². The minimum atomic E-state index is -0.284. The molecule has 2 heterocycles. The lowest BCUT2D eigenvalue weighted by atomic mass is 10.2. The van der Waals surface area contributed by atoms with Crippen molar-refractivity contribution in [1.82, 2.24) is 25.0 Å². The Labute approximate surface area is 138 Å². The lowest BCUT2D eigenvalue weighted by Gasteiger charge is -2.04. The molecule has 2 aromatic heterocycles. The fourth-order valence-electron chi connectivity index (χ4n) is 2.36. The molecule has 24 heavy (non-hydrogen) atoms. The molecule has 0 aliphatic rings. The van der Waals surface area contributed by atoms with Crippen LogP contribution in [0.15, 0.2) is 30.5 Å². The molecule has 0 fully saturated rings. The molecule has 3 rings (SSSR count). The molecular formula is C16H18N6O2. The van der Waals surface area contributed by atoms with Gasteiger partial charge in [0.05, 0.1) is 19.0 Å². The Morgan fingerprint density at radius 3 is 2.75 bits per heavy atom. The molecule has 1 aromatic carbocycles. The second-order valence-electron chi connectivity index (χ2n) is 5.37. The zero-order valence-electron chi connectivity index (χ0n) is 13.3. The number of primary amides is 1. The fraction of sp³-hybridized carbons (Fsp3) is 0.312. The van der Waals surface area contributed by atoms with Crippen LogP contribution in [0.1, 0.15) is 25.1 Å². The van der Waals surface area contributed by atoms with Gasteiger partial charge in [-0.15, -0.1) is 5.10 Å². The van der Waals surface area contributed by atoms with E-state index in [1.54, 1.807) is 18.0 Å². The molecule has 0 saturated heterocycles. The third kappa shape index (κ3) is 3.48. The first-order chi connectivity index (χ1) is 11.7. The zero-order chi connectivity index (χ0) is 16.9. The number of fused-ring (bicyclic) bond motifs is 1. The van der Waals surface area contributed by atoms with Crippen LogP contribution in [0.2, 0.25) is 0 Å². The highest BCUT2D eigenvalue weighted by molar-refractivity contribution is 5.73. The third-order valence-corrected chi connectivity index (χ3v) is 3.63. The summed E-state index contributed by atoms with van der Waals surface area (Å²) in [5.74, 6) is 1.19. The van der Waals surface area contributed by atoms with Crippen molar-refractivity contribution in [1.29, 1.82) is 0 Å². The summed E-state index contributed by atoms with van der Waals surface area (Å²) in [5.41, 5.74) is 7.27. The topological polar surface area (TPSA) is 109 Å². The fourth-order valence-corrected chi connectivity index (χ4v) is 2.36. The summed E-state index contributed by atoms with van der Waals surface area (Å²) in [5, 5.41) is 8.24. The lowest BCUT2D eigenvalue weighted by molar-refractivity contribution is -0.118. The van der Waals surface area contributed by atoms with Crippen molar-refractivity contribution in [2.24, 2.45) is 5.73 Å². The summed E-state index contributed by atoms with van der Waals surface area (Å²) < 4.78 is 6.83. The van der Waals surface area contributed by atoms with E-state index in [4.69, 9.17) is 10.5 Å². The molecule has 0 aliphatic carbocycles. The minimum Gasteiger partial charge on any atom is -0.497 e. The number of amides is 1. The summed E-state index contributed by atoms with van der Waals surface area (Å²) in [6.45, 7) is 0. The van der Waals surface area contributed by atoms with Crippen molar-refractivity contribution in [2.75, 3.05) is 7.11 Å². The van der Waals surface area contributed by atoms with Gasteiger partial charge in [0.15, 0.2) is 11.2 Å². The van der Waals surface area contributed by atoms with E-state index in [2.05, 4.69) is 20.3 Å². The molecule has 0 atom stereocenters. The quantitative estimate of drug-likeness (QED) is 0.658. The number of methoxy groups -OCH3 is 1. The largest absolute Gasteiger partial charge is 0.497 e. The van der Waals surface area contributed by atoms with Gasteiger partial charge in [-0.1, -0.05) is 5.21 Å². The summed E-state index contributed by atoms with van der Waals surface area (Å²) in [6.07, 6.45) is 4.26. The van der Waals surface area contributed by atoms with Crippen molar-refractivity contribution in [3.8, 4) is 11.4 Å². The molecule has 8 nitrogen and oxygen atoms in total. The Morgan fingerprint density at radius 1 is 1.25 bits per heavy atom. The number of benzene rings is 1.